The van der Waals surface area contributed by atoms with Gasteiger partial charge in [-0.1, -0.05) is 23.2 Å². The van der Waals surface area contributed by atoms with Crippen LogP contribution in [0.25, 0.3) is 0 Å². The summed E-state index contributed by atoms with van der Waals surface area (Å²) in [6.07, 6.45) is -1.15. The van der Waals surface area contributed by atoms with E-state index in [1.807, 2.05) is 0 Å². The number of nitrogens with zero attached hydrogens (tertiary/aromatic N) is 2. The summed E-state index contributed by atoms with van der Waals surface area (Å²) in [4.78, 5) is 25.1. The van der Waals surface area contributed by atoms with Crippen LogP contribution >= 0.6 is 23.2 Å². The van der Waals surface area contributed by atoms with E-state index in [2.05, 4.69) is 0 Å². The van der Waals surface area contributed by atoms with E-state index < -0.39 is 28.1 Å². The highest BCUT2D eigenvalue weighted by Gasteiger charge is 2.42. The van der Waals surface area contributed by atoms with Crippen LogP contribution in [0.3, 0.4) is 0 Å². The number of anilines is 2. The van der Waals surface area contributed by atoms with E-state index in [0.29, 0.717) is 9.87 Å². The lowest BCUT2D eigenvalue weighted by molar-refractivity contribution is -0.144. The first-order valence-electron chi connectivity index (χ1n) is 8.28. The van der Waals surface area contributed by atoms with Crippen LogP contribution in [0.5, 0.6) is 5.75 Å². The molecular weight excluding hydrogens is 443 g/mol. The molecule has 1 N–H and O–H groups in total. The highest BCUT2D eigenvalue weighted by atomic mass is 35.5. The molecule has 0 fully saturated rings. The molecule has 1 heterocycles. The van der Waals surface area contributed by atoms with Gasteiger partial charge in [-0.3, -0.25) is 4.90 Å². The Labute approximate surface area is 177 Å². The molecule has 0 radical (unpaired) electrons. The number of fused-ring (bicyclic) bond motifs is 1. The van der Waals surface area contributed by atoms with E-state index >= 15 is 0 Å². The Morgan fingerprint density at radius 1 is 1.17 bits per heavy atom. The Morgan fingerprint density at radius 3 is 2.41 bits per heavy atom. The van der Waals surface area contributed by atoms with E-state index in [0.717, 1.165) is 4.90 Å². The highest BCUT2D eigenvalue weighted by molar-refractivity contribution is 7.94. The zero-order valence-corrected chi connectivity index (χ0v) is 17.8. The monoisotopic (exact) mass is 458 g/mol. The van der Waals surface area contributed by atoms with Gasteiger partial charge in [0.2, 0.25) is 0 Å². The van der Waals surface area contributed by atoms with E-state index in [1.165, 1.54) is 44.3 Å². The largest absolute Gasteiger partial charge is 0.479 e. The second kappa shape index (κ2) is 7.40. The molecule has 0 aromatic heterocycles. The molecule has 0 bridgehead atoms. The van der Waals surface area contributed by atoms with Gasteiger partial charge in [0.05, 0.1) is 21.4 Å². The fourth-order valence-corrected chi connectivity index (χ4v) is 4.93. The number of halogens is 2. The summed E-state index contributed by atoms with van der Waals surface area (Å²) in [7, 11) is -2.85. The van der Waals surface area contributed by atoms with Gasteiger partial charge in [0.25, 0.3) is 10.0 Å². The molecule has 29 heavy (non-hydrogen) atoms. The van der Waals surface area contributed by atoms with Gasteiger partial charge in [-0.05, 0) is 44.2 Å². The number of urea groups is 1. The zero-order valence-electron chi connectivity index (χ0n) is 15.5. The van der Waals surface area contributed by atoms with Gasteiger partial charge < -0.3 is 9.84 Å². The summed E-state index contributed by atoms with van der Waals surface area (Å²) in [5, 5.41) is 9.36. The normalized spacial score (nSPS) is 16.4. The first-order chi connectivity index (χ1) is 13.5. The minimum atomic E-state index is -4.26. The van der Waals surface area contributed by atoms with Crippen molar-refractivity contribution >= 4 is 56.6 Å². The predicted molar refractivity (Wildman–Crippen MR) is 109 cm³/mol. The molecule has 2 amide bonds. The number of amides is 2. The van der Waals surface area contributed by atoms with Crippen molar-refractivity contribution in [2.24, 2.45) is 0 Å². The van der Waals surface area contributed by atoms with Crippen molar-refractivity contribution in [3.63, 3.8) is 0 Å². The van der Waals surface area contributed by atoms with Gasteiger partial charge in [-0.25, -0.2) is 18.0 Å². The van der Waals surface area contributed by atoms with Crippen LogP contribution in [0.2, 0.25) is 10.0 Å². The highest BCUT2D eigenvalue weighted by Crippen LogP contribution is 2.42. The molecule has 0 aliphatic carbocycles. The lowest BCUT2D eigenvalue weighted by Crippen LogP contribution is -2.49. The lowest BCUT2D eigenvalue weighted by atomic mass is 10.1. The molecule has 1 aliphatic rings. The molecule has 154 valence electrons. The van der Waals surface area contributed by atoms with Gasteiger partial charge in [0, 0.05) is 12.6 Å². The topological polar surface area (TPSA) is 104 Å². The first kappa shape index (κ1) is 21.2. The maximum atomic E-state index is 13.2. The molecule has 1 unspecified atom stereocenters. The first-order valence-corrected chi connectivity index (χ1v) is 10.5. The molecule has 0 saturated carbocycles. The third-order valence-electron chi connectivity index (χ3n) is 4.45. The summed E-state index contributed by atoms with van der Waals surface area (Å²) >= 11 is 11.9. The van der Waals surface area contributed by atoms with Gasteiger partial charge >= 0.3 is 12.0 Å². The maximum Gasteiger partial charge on any atom is 0.344 e. The maximum absolute atomic E-state index is 13.2. The molecule has 0 spiro atoms. The summed E-state index contributed by atoms with van der Waals surface area (Å²) in [5.74, 6) is -1.01. The Morgan fingerprint density at radius 2 is 1.83 bits per heavy atom. The minimum absolute atomic E-state index is 0.0411. The second-order valence-electron chi connectivity index (χ2n) is 6.34. The summed E-state index contributed by atoms with van der Waals surface area (Å²) in [5.41, 5.74) is 0.476. The molecular formula is C18H16Cl2N2O6S. The van der Waals surface area contributed by atoms with Crippen molar-refractivity contribution in [3.05, 3.63) is 45.9 Å². The van der Waals surface area contributed by atoms with Gasteiger partial charge in [0.15, 0.2) is 6.10 Å². The van der Waals surface area contributed by atoms with Crippen LogP contribution in [0.15, 0.2) is 35.2 Å². The van der Waals surface area contributed by atoms with E-state index in [9.17, 15) is 18.0 Å². The SMILES string of the molecule is Cc1c(OC(C)C(=O)O)ccc2c1N(C)C(=O)N(c1ccc(Cl)c(Cl)c1)S2(=O)=O. The smallest absolute Gasteiger partial charge is 0.344 e. The zero-order chi connectivity index (χ0) is 21.7. The van der Waals surface area contributed by atoms with E-state index in [-0.39, 0.29) is 32.1 Å². The van der Waals surface area contributed by atoms with Crippen LogP contribution < -0.4 is 13.9 Å². The van der Waals surface area contributed by atoms with Crippen molar-refractivity contribution in [1.29, 1.82) is 0 Å². The molecule has 2 aromatic carbocycles. The third kappa shape index (κ3) is 3.50. The number of hydrogen-bond acceptors (Lipinski definition) is 5. The van der Waals surface area contributed by atoms with Crippen molar-refractivity contribution in [2.45, 2.75) is 24.8 Å². The number of carbonyl (C=O) groups excluding carboxylic acids is 1. The Kier molecular flexibility index (Phi) is 5.42. The summed E-state index contributed by atoms with van der Waals surface area (Å²) < 4.78 is 32.5. The average molecular weight is 459 g/mol. The molecule has 11 heteroatoms. The number of ether oxygens (including phenoxy) is 1. The fourth-order valence-electron chi connectivity index (χ4n) is 2.94. The Hall–Kier alpha value is -2.49. The predicted octanol–water partition coefficient (Wildman–Crippen LogP) is 3.92. The molecule has 0 saturated heterocycles. The number of hydrogen-bond donors (Lipinski definition) is 1. The Balaban J connectivity index is 2.16. The van der Waals surface area contributed by atoms with Gasteiger partial charge in [-0.15, -0.1) is 0 Å². The van der Waals surface area contributed by atoms with Crippen LogP contribution in [-0.4, -0.2) is 38.7 Å². The third-order valence-corrected chi connectivity index (χ3v) is 6.92. The molecule has 3 rings (SSSR count). The number of benzene rings is 2. The number of carbonyl (C=O) groups is 2. The van der Waals surface area contributed by atoms with Crippen LogP contribution in [0.4, 0.5) is 16.2 Å². The van der Waals surface area contributed by atoms with Crippen molar-refractivity contribution in [1.82, 2.24) is 0 Å². The molecule has 2 aromatic rings. The van der Waals surface area contributed by atoms with Crippen molar-refractivity contribution in [3.8, 4) is 5.75 Å². The van der Waals surface area contributed by atoms with Gasteiger partial charge in [0.1, 0.15) is 10.6 Å². The number of carboxylic acid groups (broad SMARTS) is 1. The van der Waals surface area contributed by atoms with E-state index in [1.54, 1.807) is 6.92 Å². The quantitative estimate of drug-likeness (QED) is 0.744. The number of carboxylic acids is 1. The summed E-state index contributed by atoms with van der Waals surface area (Å²) in [6.45, 7) is 2.90. The van der Waals surface area contributed by atoms with Gasteiger partial charge in [-0.2, -0.15) is 4.31 Å². The van der Waals surface area contributed by atoms with E-state index in [4.69, 9.17) is 33.0 Å². The summed E-state index contributed by atoms with van der Waals surface area (Å²) in [6, 6.07) is 5.87. The number of sulfonamides is 1. The molecule has 8 nitrogen and oxygen atoms in total. The van der Waals surface area contributed by atoms with Crippen molar-refractivity contribution < 1.29 is 27.9 Å². The van der Waals surface area contributed by atoms with Crippen molar-refractivity contribution in [2.75, 3.05) is 16.3 Å². The van der Waals surface area contributed by atoms with Crippen LogP contribution in [-0.2, 0) is 14.8 Å². The number of rotatable bonds is 4. The van der Waals surface area contributed by atoms with Crippen LogP contribution in [0.1, 0.15) is 12.5 Å². The lowest BCUT2D eigenvalue weighted by Gasteiger charge is -2.35. The number of aliphatic carboxylic acids is 1. The Bertz CT molecular complexity index is 1140. The average Bonchev–Trinajstić information content (AvgIpc) is 2.64. The molecule has 1 atom stereocenters. The van der Waals surface area contributed by atoms with Crippen LogP contribution in [0, 0.1) is 6.92 Å². The minimum Gasteiger partial charge on any atom is -0.479 e. The fraction of sp³-hybridized carbons (Fsp3) is 0.222. The molecule has 1 aliphatic heterocycles. The second-order valence-corrected chi connectivity index (χ2v) is 8.91. The standard InChI is InChI=1S/C18H16Cl2N2O6S/c1-9-14(28-10(2)17(23)24)6-7-15-16(9)21(3)18(25)22(29(15,26)27)11-4-5-12(19)13(20)8-11/h4-8,10H,1-3H3,(H,23,24).